The summed E-state index contributed by atoms with van der Waals surface area (Å²) in [5.74, 6) is 1.95. The quantitative estimate of drug-likeness (QED) is 0.501. The third kappa shape index (κ3) is 4.59. The summed E-state index contributed by atoms with van der Waals surface area (Å²) in [6, 6.07) is 16.4. The number of amides is 1. The number of nitrogens with one attached hydrogen (secondary N) is 1. The average Bonchev–Trinajstić information content (AvgIpc) is 3.67. The largest absolute Gasteiger partial charge is 0.497 e. The lowest BCUT2D eigenvalue weighted by Crippen LogP contribution is -2.51. The highest BCUT2D eigenvalue weighted by molar-refractivity contribution is 7.10. The van der Waals surface area contributed by atoms with Crippen LogP contribution in [0.2, 0.25) is 0 Å². The lowest BCUT2D eigenvalue weighted by molar-refractivity contribution is -0.126. The van der Waals surface area contributed by atoms with Gasteiger partial charge in [-0.3, -0.25) is 9.69 Å². The molecule has 0 bridgehead atoms. The molecule has 2 aromatic heterocycles. The minimum atomic E-state index is -0.366. The Bertz CT molecular complexity index is 1040. The van der Waals surface area contributed by atoms with Crippen LogP contribution in [-0.4, -0.2) is 50.6 Å². The molecule has 3 aromatic rings. The SMILES string of the molecule is COc1ccc(N2CCN([C@H](CNC(=O)C3(c4cccs4)CCCC3)c3ccco3)CC2)cc1. The topological polar surface area (TPSA) is 58.0 Å². The summed E-state index contributed by atoms with van der Waals surface area (Å²) >= 11 is 1.70. The molecule has 1 aromatic carbocycles. The van der Waals surface area contributed by atoms with Crippen molar-refractivity contribution in [1.82, 2.24) is 10.2 Å². The summed E-state index contributed by atoms with van der Waals surface area (Å²) in [6.45, 7) is 4.22. The lowest BCUT2D eigenvalue weighted by Gasteiger charge is -2.40. The molecular weight excluding hydrogens is 446 g/mol. The fourth-order valence-electron chi connectivity index (χ4n) is 5.45. The first-order valence-corrected chi connectivity index (χ1v) is 13.1. The van der Waals surface area contributed by atoms with Gasteiger partial charge in [-0.25, -0.2) is 0 Å². The van der Waals surface area contributed by atoms with Crippen molar-refractivity contribution >= 4 is 22.9 Å². The second-order valence-electron chi connectivity index (χ2n) is 9.23. The minimum absolute atomic E-state index is 0.0266. The second kappa shape index (κ2) is 10.2. The van der Waals surface area contributed by atoms with Gasteiger partial charge in [0.25, 0.3) is 0 Å². The average molecular weight is 480 g/mol. The number of ether oxygens (including phenoxy) is 1. The monoisotopic (exact) mass is 479 g/mol. The minimum Gasteiger partial charge on any atom is -0.497 e. The Balaban J connectivity index is 1.25. The second-order valence-corrected chi connectivity index (χ2v) is 10.2. The molecule has 0 radical (unpaired) electrons. The number of piperazine rings is 1. The van der Waals surface area contributed by atoms with Crippen LogP contribution < -0.4 is 15.0 Å². The van der Waals surface area contributed by atoms with Crippen molar-refractivity contribution in [2.75, 3.05) is 44.7 Å². The number of methoxy groups -OCH3 is 1. The van der Waals surface area contributed by atoms with Gasteiger partial charge in [0.15, 0.2) is 0 Å². The van der Waals surface area contributed by atoms with E-state index < -0.39 is 0 Å². The van der Waals surface area contributed by atoms with Gasteiger partial charge in [-0.1, -0.05) is 18.9 Å². The molecule has 1 aliphatic heterocycles. The Morgan fingerprint density at radius 3 is 2.47 bits per heavy atom. The first kappa shape index (κ1) is 23.0. The van der Waals surface area contributed by atoms with Crippen LogP contribution in [0.1, 0.15) is 42.4 Å². The molecule has 3 heterocycles. The zero-order chi connectivity index (χ0) is 23.4. The van der Waals surface area contributed by atoms with Crippen LogP contribution in [0, 0.1) is 0 Å². The predicted molar refractivity (Wildman–Crippen MR) is 136 cm³/mol. The molecule has 2 fully saturated rings. The molecule has 1 saturated heterocycles. The van der Waals surface area contributed by atoms with Crippen LogP contribution >= 0.6 is 11.3 Å². The molecule has 1 N–H and O–H groups in total. The molecule has 1 aliphatic carbocycles. The zero-order valence-electron chi connectivity index (χ0n) is 19.7. The van der Waals surface area contributed by atoms with E-state index in [1.807, 2.05) is 24.3 Å². The highest BCUT2D eigenvalue weighted by Gasteiger charge is 2.43. The van der Waals surface area contributed by atoms with E-state index in [0.717, 1.165) is 63.4 Å². The number of carbonyl (C=O) groups excluding carboxylic acids is 1. The van der Waals surface area contributed by atoms with Crippen molar-refractivity contribution < 1.29 is 13.9 Å². The lowest BCUT2D eigenvalue weighted by atomic mass is 9.83. The Hall–Kier alpha value is -2.77. The highest BCUT2D eigenvalue weighted by Crippen LogP contribution is 2.43. The zero-order valence-corrected chi connectivity index (χ0v) is 20.6. The first-order chi connectivity index (χ1) is 16.7. The summed E-state index contributed by atoms with van der Waals surface area (Å²) in [6.07, 6.45) is 5.82. The Kier molecular flexibility index (Phi) is 6.92. The number of anilines is 1. The Morgan fingerprint density at radius 1 is 1.09 bits per heavy atom. The van der Waals surface area contributed by atoms with Gasteiger partial charge in [-0.2, -0.15) is 0 Å². The molecule has 1 atom stereocenters. The third-order valence-electron chi connectivity index (χ3n) is 7.40. The van der Waals surface area contributed by atoms with Crippen LogP contribution in [-0.2, 0) is 10.2 Å². The summed E-state index contributed by atoms with van der Waals surface area (Å²) in [7, 11) is 1.69. The first-order valence-electron chi connectivity index (χ1n) is 12.2. The Labute approximate surface area is 205 Å². The maximum absolute atomic E-state index is 13.5. The molecule has 1 amide bonds. The number of hydrogen-bond acceptors (Lipinski definition) is 6. The Morgan fingerprint density at radius 2 is 1.85 bits per heavy atom. The fraction of sp³-hybridized carbons (Fsp3) is 0.444. The molecule has 7 heteroatoms. The molecule has 0 spiro atoms. The van der Waals surface area contributed by atoms with E-state index >= 15 is 0 Å². The number of carbonyl (C=O) groups is 1. The molecule has 34 heavy (non-hydrogen) atoms. The molecule has 1 saturated carbocycles. The summed E-state index contributed by atoms with van der Waals surface area (Å²) in [4.78, 5) is 19.6. The van der Waals surface area contributed by atoms with Gasteiger partial charge in [-0.15, -0.1) is 11.3 Å². The number of thiophene rings is 1. The van der Waals surface area contributed by atoms with Crippen LogP contribution in [0.4, 0.5) is 5.69 Å². The molecule has 6 nitrogen and oxygen atoms in total. The van der Waals surface area contributed by atoms with Crippen LogP contribution in [0.25, 0.3) is 0 Å². The van der Waals surface area contributed by atoms with Crippen molar-refractivity contribution in [2.45, 2.75) is 37.1 Å². The van der Waals surface area contributed by atoms with Gasteiger partial charge in [0.2, 0.25) is 5.91 Å². The van der Waals surface area contributed by atoms with Gasteiger partial charge in [0.1, 0.15) is 11.5 Å². The number of hydrogen-bond donors (Lipinski definition) is 1. The fourth-order valence-corrected chi connectivity index (χ4v) is 6.43. The van der Waals surface area contributed by atoms with E-state index in [9.17, 15) is 4.79 Å². The number of benzene rings is 1. The van der Waals surface area contributed by atoms with Crippen LogP contribution in [0.15, 0.2) is 64.6 Å². The molecule has 180 valence electrons. The maximum atomic E-state index is 13.5. The molecule has 5 rings (SSSR count). The maximum Gasteiger partial charge on any atom is 0.231 e. The van der Waals surface area contributed by atoms with Crippen LogP contribution in [0.3, 0.4) is 0 Å². The molecule has 2 aliphatic rings. The van der Waals surface area contributed by atoms with Gasteiger partial charge in [0, 0.05) is 43.3 Å². The van der Waals surface area contributed by atoms with E-state index in [0.29, 0.717) is 6.54 Å². The van der Waals surface area contributed by atoms with Crippen molar-refractivity contribution in [3.63, 3.8) is 0 Å². The van der Waals surface area contributed by atoms with Gasteiger partial charge in [-0.05, 0) is 60.7 Å². The van der Waals surface area contributed by atoms with Gasteiger partial charge < -0.3 is 19.4 Å². The van der Waals surface area contributed by atoms with E-state index in [1.165, 1.54) is 10.6 Å². The van der Waals surface area contributed by atoms with E-state index in [4.69, 9.17) is 9.15 Å². The number of nitrogens with zero attached hydrogens (tertiary/aromatic N) is 2. The highest BCUT2D eigenvalue weighted by atomic mass is 32.1. The summed E-state index contributed by atoms with van der Waals surface area (Å²) in [5, 5.41) is 5.41. The van der Waals surface area contributed by atoms with Crippen molar-refractivity contribution in [3.8, 4) is 5.75 Å². The van der Waals surface area contributed by atoms with Gasteiger partial charge >= 0.3 is 0 Å². The summed E-state index contributed by atoms with van der Waals surface area (Å²) in [5.41, 5.74) is 0.844. The predicted octanol–water partition coefficient (Wildman–Crippen LogP) is 4.84. The van der Waals surface area contributed by atoms with Crippen molar-refractivity contribution in [3.05, 3.63) is 70.8 Å². The third-order valence-corrected chi connectivity index (χ3v) is 8.48. The van der Waals surface area contributed by atoms with Gasteiger partial charge in [0.05, 0.1) is 24.8 Å². The molecular formula is C27H33N3O3S. The van der Waals surface area contributed by atoms with E-state index in [-0.39, 0.29) is 17.4 Å². The van der Waals surface area contributed by atoms with E-state index in [2.05, 4.69) is 44.8 Å². The molecule has 0 unspecified atom stereocenters. The van der Waals surface area contributed by atoms with Crippen molar-refractivity contribution in [2.24, 2.45) is 0 Å². The number of furan rings is 1. The summed E-state index contributed by atoms with van der Waals surface area (Å²) < 4.78 is 11.1. The smallest absolute Gasteiger partial charge is 0.231 e. The number of rotatable bonds is 8. The van der Waals surface area contributed by atoms with Crippen LogP contribution in [0.5, 0.6) is 5.75 Å². The normalized spacial score (nSPS) is 19.1. The standard InChI is InChI=1S/C27H33N3O3S/c1-32-22-10-8-21(9-11-22)29-14-16-30(17-15-29)23(24-6-4-18-33-24)20-28-26(31)27(12-2-3-13-27)25-7-5-19-34-25/h4-11,18-19,23H,2-3,12-17,20H2,1H3,(H,28,31)/t23-/m1/s1. The van der Waals surface area contributed by atoms with E-state index in [1.54, 1.807) is 24.7 Å². The van der Waals surface area contributed by atoms with Crippen molar-refractivity contribution in [1.29, 1.82) is 0 Å².